The average molecular weight is 412 g/mol. The summed E-state index contributed by atoms with van der Waals surface area (Å²) in [6.07, 6.45) is 3.70. The lowest BCUT2D eigenvalue weighted by molar-refractivity contribution is -0.121. The maximum absolute atomic E-state index is 11.3. The van der Waals surface area contributed by atoms with E-state index in [2.05, 4.69) is 89.1 Å². The fraction of sp³-hybridized carbons (Fsp3) is 0.333. The van der Waals surface area contributed by atoms with Crippen LogP contribution in [0.25, 0.3) is 10.8 Å². The van der Waals surface area contributed by atoms with Crippen LogP contribution >= 0.6 is 0 Å². The van der Waals surface area contributed by atoms with Crippen LogP contribution in [-0.2, 0) is 4.79 Å². The highest BCUT2D eigenvalue weighted by molar-refractivity contribution is 6.04. The third-order valence-electron chi connectivity index (χ3n) is 6.80. The van der Waals surface area contributed by atoms with Crippen LogP contribution in [0.5, 0.6) is 0 Å². The number of hydrogen-bond acceptors (Lipinski definition) is 3. The normalized spacial score (nSPS) is 19.9. The molecule has 5 rings (SSSR count). The first-order valence-electron chi connectivity index (χ1n) is 11.4. The summed E-state index contributed by atoms with van der Waals surface area (Å²) in [5.41, 5.74) is 7.41. The number of carbonyl (C=O) groups excluding carboxylic acids is 1. The number of amides is 1. The molecule has 0 aliphatic carbocycles. The predicted octanol–water partition coefficient (Wildman–Crippen LogP) is 5.47. The number of anilines is 1. The topological polar surface area (TPSA) is 44.7 Å². The van der Waals surface area contributed by atoms with Crippen LogP contribution in [0, 0.1) is 5.92 Å². The first kappa shape index (κ1) is 19.8. The molecule has 2 aliphatic rings. The van der Waals surface area contributed by atoms with Gasteiger partial charge >= 0.3 is 0 Å². The predicted molar refractivity (Wildman–Crippen MR) is 128 cm³/mol. The third kappa shape index (κ3) is 4.20. The molecule has 4 nitrogen and oxygen atoms in total. The molecular formula is C27H29N3O. The molecule has 1 amide bonds. The summed E-state index contributed by atoms with van der Waals surface area (Å²) in [5, 5.41) is 6.94. The lowest BCUT2D eigenvalue weighted by atomic mass is 9.87. The first-order valence-corrected chi connectivity index (χ1v) is 11.4. The van der Waals surface area contributed by atoms with Crippen molar-refractivity contribution in [1.29, 1.82) is 0 Å². The largest absolute Gasteiger partial charge is 0.371 e. The van der Waals surface area contributed by atoms with Gasteiger partial charge in [0.25, 0.3) is 0 Å². The van der Waals surface area contributed by atoms with E-state index in [-0.39, 0.29) is 5.91 Å². The van der Waals surface area contributed by atoms with E-state index in [1.54, 1.807) is 0 Å². The second-order valence-electron chi connectivity index (χ2n) is 8.95. The number of hydrazone groups is 1. The van der Waals surface area contributed by atoms with Crippen LogP contribution in [-0.4, -0.2) is 24.7 Å². The zero-order chi connectivity index (χ0) is 21.2. The van der Waals surface area contributed by atoms with E-state index in [0.29, 0.717) is 24.7 Å². The fourth-order valence-electron chi connectivity index (χ4n) is 5.11. The Morgan fingerprint density at radius 2 is 1.84 bits per heavy atom. The molecule has 1 saturated heterocycles. The van der Waals surface area contributed by atoms with E-state index in [1.165, 1.54) is 34.9 Å². The summed E-state index contributed by atoms with van der Waals surface area (Å²) < 4.78 is 0. The van der Waals surface area contributed by atoms with Crippen molar-refractivity contribution in [1.82, 2.24) is 5.43 Å². The van der Waals surface area contributed by atoms with Gasteiger partial charge in [0.2, 0.25) is 5.91 Å². The van der Waals surface area contributed by atoms with Gasteiger partial charge in [0.1, 0.15) is 0 Å². The number of carbonyl (C=O) groups is 1. The lowest BCUT2D eigenvalue weighted by Crippen LogP contribution is -2.26. The molecule has 2 atom stereocenters. The van der Waals surface area contributed by atoms with Crippen LogP contribution in [0.3, 0.4) is 0 Å². The Morgan fingerprint density at radius 3 is 2.65 bits per heavy atom. The molecule has 2 heterocycles. The molecule has 0 saturated carbocycles. The molecule has 31 heavy (non-hydrogen) atoms. The summed E-state index contributed by atoms with van der Waals surface area (Å²) in [4.78, 5) is 13.8. The SMILES string of the molecule is C[C@@H](C[C@H]1CCN(c2ccc(C3=NNC(=O)CC3)cc2)C1)c1cccc2ccccc12. The molecule has 3 aromatic carbocycles. The molecular weight excluding hydrogens is 382 g/mol. The number of nitrogens with zero attached hydrogens (tertiary/aromatic N) is 2. The van der Waals surface area contributed by atoms with Crippen LogP contribution in [0.15, 0.2) is 71.8 Å². The number of benzene rings is 3. The van der Waals surface area contributed by atoms with Crippen LogP contribution in [0.1, 0.15) is 49.7 Å². The monoisotopic (exact) mass is 411 g/mol. The Morgan fingerprint density at radius 1 is 1.03 bits per heavy atom. The number of fused-ring (bicyclic) bond motifs is 1. The highest BCUT2D eigenvalue weighted by Crippen LogP contribution is 2.34. The minimum absolute atomic E-state index is 0.00112. The minimum atomic E-state index is 0.00112. The van der Waals surface area contributed by atoms with Gasteiger partial charge < -0.3 is 4.90 Å². The first-order chi connectivity index (χ1) is 15.2. The Hall–Kier alpha value is -3.14. The van der Waals surface area contributed by atoms with Crippen molar-refractivity contribution in [2.75, 3.05) is 18.0 Å². The molecule has 0 unspecified atom stereocenters. The highest BCUT2D eigenvalue weighted by Gasteiger charge is 2.25. The standard InChI is InChI=1S/C27H29N3O/c1-19(24-8-4-6-21-5-2-3-7-25(21)24)17-20-15-16-30(18-20)23-11-9-22(10-12-23)26-13-14-27(31)29-28-26/h2-12,19-20H,13-18H2,1H3,(H,29,31)/t19-,20+/m0/s1. The van der Waals surface area contributed by atoms with Gasteiger partial charge in [0, 0.05) is 31.6 Å². The van der Waals surface area contributed by atoms with Gasteiger partial charge in [-0.15, -0.1) is 0 Å². The van der Waals surface area contributed by atoms with Crippen molar-refractivity contribution in [2.45, 2.75) is 38.5 Å². The maximum atomic E-state index is 11.3. The average Bonchev–Trinajstić information content (AvgIpc) is 3.28. The molecule has 1 fully saturated rings. The van der Waals surface area contributed by atoms with E-state index in [4.69, 9.17) is 0 Å². The Kier molecular flexibility index (Phi) is 5.46. The van der Waals surface area contributed by atoms with Gasteiger partial charge in [-0.05, 0) is 58.7 Å². The molecule has 0 radical (unpaired) electrons. The molecule has 4 heteroatoms. The number of nitrogens with one attached hydrogen (secondary N) is 1. The van der Waals surface area contributed by atoms with Crippen molar-refractivity contribution in [3.63, 3.8) is 0 Å². The molecule has 158 valence electrons. The molecule has 0 aromatic heterocycles. The smallest absolute Gasteiger partial charge is 0.240 e. The Balaban J connectivity index is 1.23. The lowest BCUT2D eigenvalue weighted by Gasteiger charge is -2.21. The molecule has 0 bridgehead atoms. The zero-order valence-corrected chi connectivity index (χ0v) is 18.1. The summed E-state index contributed by atoms with van der Waals surface area (Å²) in [7, 11) is 0. The number of hydrogen-bond donors (Lipinski definition) is 1. The van der Waals surface area contributed by atoms with Crippen molar-refractivity contribution >= 4 is 28.1 Å². The van der Waals surface area contributed by atoms with E-state index in [0.717, 1.165) is 24.4 Å². The van der Waals surface area contributed by atoms with Crippen molar-refractivity contribution in [2.24, 2.45) is 11.0 Å². The third-order valence-corrected chi connectivity index (χ3v) is 6.80. The van der Waals surface area contributed by atoms with Gasteiger partial charge in [-0.2, -0.15) is 5.10 Å². The van der Waals surface area contributed by atoms with Crippen molar-refractivity contribution in [3.05, 3.63) is 77.9 Å². The fourth-order valence-corrected chi connectivity index (χ4v) is 5.11. The van der Waals surface area contributed by atoms with Gasteiger partial charge in [-0.1, -0.05) is 61.5 Å². The van der Waals surface area contributed by atoms with Gasteiger partial charge in [0.15, 0.2) is 0 Å². The van der Waals surface area contributed by atoms with Crippen LogP contribution in [0.2, 0.25) is 0 Å². The molecule has 0 spiro atoms. The number of rotatable bonds is 5. The summed E-state index contributed by atoms with van der Waals surface area (Å²) >= 11 is 0. The quantitative estimate of drug-likeness (QED) is 0.605. The van der Waals surface area contributed by atoms with E-state index >= 15 is 0 Å². The van der Waals surface area contributed by atoms with Crippen molar-refractivity contribution < 1.29 is 4.79 Å². The van der Waals surface area contributed by atoms with E-state index in [9.17, 15) is 4.79 Å². The van der Waals surface area contributed by atoms with E-state index in [1.807, 2.05) is 0 Å². The van der Waals surface area contributed by atoms with Crippen molar-refractivity contribution in [3.8, 4) is 0 Å². The van der Waals surface area contributed by atoms with Gasteiger partial charge in [-0.3, -0.25) is 4.79 Å². The molecule has 2 aliphatic heterocycles. The zero-order valence-electron chi connectivity index (χ0n) is 18.1. The maximum Gasteiger partial charge on any atom is 0.240 e. The van der Waals surface area contributed by atoms with E-state index < -0.39 is 0 Å². The van der Waals surface area contributed by atoms with Crippen LogP contribution < -0.4 is 10.3 Å². The molecule has 1 N–H and O–H groups in total. The van der Waals surface area contributed by atoms with Gasteiger partial charge in [0.05, 0.1) is 5.71 Å². The van der Waals surface area contributed by atoms with Crippen LogP contribution in [0.4, 0.5) is 5.69 Å². The second-order valence-corrected chi connectivity index (χ2v) is 8.95. The highest BCUT2D eigenvalue weighted by atomic mass is 16.2. The summed E-state index contributed by atoms with van der Waals surface area (Å²) in [6.45, 7) is 4.61. The minimum Gasteiger partial charge on any atom is -0.371 e. The summed E-state index contributed by atoms with van der Waals surface area (Å²) in [5.74, 6) is 1.27. The van der Waals surface area contributed by atoms with Gasteiger partial charge in [-0.25, -0.2) is 5.43 Å². The Bertz CT molecular complexity index is 1110. The molecule has 3 aromatic rings. The summed E-state index contributed by atoms with van der Waals surface area (Å²) in [6, 6.07) is 24.1. The second kappa shape index (κ2) is 8.54. The Labute approximate surface area is 184 Å².